The van der Waals surface area contributed by atoms with Gasteiger partial charge in [-0.2, -0.15) is 8.78 Å². The van der Waals surface area contributed by atoms with E-state index in [2.05, 4.69) is 10.2 Å². The Balaban J connectivity index is 0.00000144. The third kappa shape index (κ3) is 5.19. The molecule has 1 aliphatic rings. The molecule has 96 valence electrons. The number of benzene rings is 1. The van der Waals surface area contributed by atoms with E-state index in [0.717, 1.165) is 5.69 Å². The van der Waals surface area contributed by atoms with Crippen molar-refractivity contribution in [2.45, 2.75) is 19.5 Å². The van der Waals surface area contributed by atoms with Crippen molar-refractivity contribution < 1.29 is 18.4 Å². The Labute approximate surface area is 104 Å². The van der Waals surface area contributed by atoms with Crippen molar-refractivity contribution in [3.05, 3.63) is 24.3 Å². The Morgan fingerprint density at radius 1 is 1.24 bits per heavy atom. The summed E-state index contributed by atoms with van der Waals surface area (Å²) in [5.41, 5.74) is 3.48. The van der Waals surface area contributed by atoms with Crippen LogP contribution in [0.5, 0.6) is 5.75 Å². The molecule has 0 saturated heterocycles. The summed E-state index contributed by atoms with van der Waals surface area (Å²) >= 11 is 0. The van der Waals surface area contributed by atoms with Gasteiger partial charge in [-0.3, -0.25) is 10.3 Å². The number of hydrogen-bond acceptors (Lipinski definition) is 3. The van der Waals surface area contributed by atoms with E-state index in [1.807, 2.05) is 0 Å². The molecule has 0 amide bonds. The quantitative estimate of drug-likeness (QED) is 0.799. The second-order valence-corrected chi connectivity index (χ2v) is 3.76. The van der Waals surface area contributed by atoms with E-state index in [-0.39, 0.29) is 18.2 Å². The van der Waals surface area contributed by atoms with E-state index in [4.69, 9.17) is 4.84 Å². The summed E-state index contributed by atoms with van der Waals surface area (Å²) in [7, 11) is 0. The number of halogens is 3. The van der Waals surface area contributed by atoms with Crippen molar-refractivity contribution in [1.29, 1.82) is 0 Å². The van der Waals surface area contributed by atoms with Crippen molar-refractivity contribution >= 4 is 18.1 Å². The molecule has 0 atom stereocenters. The summed E-state index contributed by atoms with van der Waals surface area (Å²) in [5.74, 6) is 0.816. The third-order valence-corrected chi connectivity index (χ3v) is 2.29. The fraction of sp³-hybridized carbons (Fsp3) is 0.455. The van der Waals surface area contributed by atoms with Crippen LogP contribution < -0.4 is 10.2 Å². The summed E-state index contributed by atoms with van der Waals surface area (Å²) in [6.07, 6.45) is 2.45. The molecule has 1 saturated carbocycles. The highest BCUT2D eigenvalue weighted by Crippen LogP contribution is 2.28. The minimum atomic E-state index is -2.79. The highest BCUT2D eigenvalue weighted by Gasteiger charge is 2.21. The van der Waals surface area contributed by atoms with E-state index >= 15 is 0 Å². The number of ether oxygens (including phenoxy) is 1. The fourth-order valence-corrected chi connectivity index (χ4v) is 1.23. The molecule has 0 bridgehead atoms. The number of rotatable bonds is 6. The molecular formula is C11H14ClF2NO2. The molecule has 0 aromatic heterocycles. The van der Waals surface area contributed by atoms with Gasteiger partial charge in [-0.05, 0) is 43.0 Å². The van der Waals surface area contributed by atoms with Crippen molar-refractivity contribution in [2.24, 2.45) is 5.92 Å². The van der Waals surface area contributed by atoms with Gasteiger partial charge in [-0.1, -0.05) is 0 Å². The van der Waals surface area contributed by atoms with E-state index in [0.29, 0.717) is 12.5 Å². The maximum absolute atomic E-state index is 11.9. The Bertz CT molecular complexity index is 331. The maximum atomic E-state index is 11.9. The van der Waals surface area contributed by atoms with E-state index < -0.39 is 6.61 Å². The highest BCUT2D eigenvalue weighted by atomic mass is 35.5. The topological polar surface area (TPSA) is 30.5 Å². The van der Waals surface area contributed by atoms with Crippen LogP contribution in [0.15, 0.2) is 24.3 Å². The molecule has 1 aliphatic carbocycles. The summed E-state index contributed by atoms with van der Waals surface area (Å²) in [5, 5.41) is 0. The number of alkyl halides is 2. The predicted octanol–water partition coefficient (Wildman–Crippen LogP) is 3.46. The zero-order valence-electron chi connectivity index (χ0n) is 9.07. The molecule has 1 aromatic rings. The van der Waals surface area contributed by atoms with Gasteiger partial charge in [0.2, 0.25) is 0 Å². The fourth-order valence-electron chi connectivity index (χ4n) is 1.23. The van der Waals surface area contributed by atoms with Crippen LogP contribution in [0.25, 0.3) is 0 Å². The lowest BCUT2D eigenvalue weighted by Gasteiger charge is -2.08. The SMILES string of the molecule is Cl.FC(F)Oc1ccc(NOCC2CC2)cc1. The first-order valence-electron chi connectivity index (χ1n) is 5.17. The predicted molar refractivity (Wildman–Crippen MR) is 62.6 cm³/mol. The summed E-state index contributed by atoms with van der Waals surface area (Å²) in [4.78, 5) is 5.23. The molecule has 0 heterocycles. The lowest BCUT2D eigenvalue weighted by atomic mass is 10.3. The lowest BCUT2D eigenvalue weighted by Crippen LogP contribution is -2.04. The van der Waals surface area contributed by atoms with Crippen molar-refractivity contribution in [3.8, 4) is 5.75 Å². The van der Waals surface area contributed by atoms with Crippen molar-refractivity contribution in [2.75, 3.05) is 12.1 Å². The summed E-state index contributed by atoms with van der Waals surface area (Å²) in [6, 6.07) is 6.19. The standard InChI is InChI=1S/C11H13F2NO2.ClH/c12-11(13)16-10-5-3-9(4-6-10)14-15-7-8-1-2-8;/h3-6,8,11,14H,1-2,7H2;1H. The van der Waals surface area contributed by atoms with Gasteiger partial charge in [-0.15, -0.1) is 12.4 Å². The van der Waals surface area contributed by atoms with Gasteiger partial charge in [0.1, 0.15) is 5.75 Å². The van der Waals surface area contributed by atoms with E-state index in [1.54, 1.807) is 12.1 Å². The number of anilines is 1. The first-order valence-corrected chi connectivity index (χ1v) is 5.17. The van der Waals surface area contributed by atoms with Crippen LogP contribution in [0.3, 0.4) is 0 Å². The Morgan fingerprint density at radius 2 is 1.88 bits per heavy atom. The minimum absolute atomic E-state index is 0. The van der Waals surface area contributed by atoms with Crippen LogP contribution in [-0.2, 0) is 4.84 Å². The molecule has 1 N–H and O–H groups in total. The average molecular weight is 266 g/mol. The highest BCUT2D eigenvalue weighted by molar-refractivity contribution is 5.85. The molecule has 0 radical (unpaired) electrons. The van der Waals surface area contributed by atoms with Gasteiger partial charge >= 0.3 is 6.61 Å². The Hall–Kier alpha value is -1.07. The monoisotopic (exact) mass is 265 g/mol. The Morgan fingerprint density at radius 3 is 2.41 bits per heavy atom. The largest absolute Gasteiger partial charge is 0.435 e. The van der Waals surface area contributed by atoms with Gasteiger partial charge in [-0.25, -0.2) is 0 Å². The van der Waals surface area contributed by atoms with Crippen LogP contribution in [0.1, 0.15) is 12.8 Å². The first kappa shape index (κ1) is 14.0. The number of nitrogens with one attached hydrogen (secondary N) is 1. The van der Waals surface area contributed by atoms with Crippen LogP contribution in [0.2, 0.25) is 0 Å². The smallest absolute Gasteiger partial charge is 0.387 e. The van der Waals surface area contributed by atoms with E-state index in [9.17, 15) is 8.78 Å². The molecule has 0 spiro atoms. The van der Waals surface area contributed by atoms with Gasteiger partial charge in [0.15, 0.2) is 0 Å². The molecule has 0 unspecified atom stereocenters. The molecule has 17 heavy (non-hydrogen) atoms. The molecule has 1 fully saturated rings. The van der Waals surface area contributed by atoms with Crippen molar-refractivity contribution in [1.82, 2.24) is 0 Å². The molecular weight excluding hydrogens is 252 g/mol. The van der Waals surface area contributed by atoms with Crippen LogP contribution in [0.4, 0.5) is 14.5 Å². The third-order valence-electron chi connectivity index (χ3n) is 2.29. The molecule has 3 nitrogen and oxygen atoms in total. The summed E-state index contributed by atoms with van der Waals surface area (Å²) in [6.45, 7) is -2.10. The average Bonchev–Trinajstić information content (AvgIpc) is 3.04. The van der Waals surface area contributed by atoms with Crippen LogP contribution in [0, 0.1) is 5.92 Å². The molecule has 6 heteroatoms. The minimum Gasteiger partial charge on any atom is -0.435 e. The van der Waals surface area contributed by atoms with Crippen LogP contribution >= 0.6 is 12.4 Å². The molecule has 0 aliphatic heterocycles. The van der Waals surface area contributed by atoms with Gasteiger partial charge in [0, 0.05) is 0 Å². The zero-order chi connectivity index (χ0) is 11.4. The molecule has 2 rings (SSSR count). The second-order valence-electron chi connectivity index (χ2n) is 3.76. The first-order chi connectivity index (χ1) is 7.74. The lowest BCUT2D eigenvalue weighted by molar-refractivity contribution is -0.0498. The van der Waals surface area contributed by atoms with Crippen LogP contribution in [-0.4, -0.2) is 13.2 Å². The normalized spacial score (nSPS) is 14.3. The van der Waals surface area contributed by atoms with Crippen molar-refractivity contribution in [3.63, 3.8) is 0 Å². The summed E-state index contributed by atoms with van der Waals surface area (Å²) < 4.78 is 27.9. The zero-order valence-corrected chi connectivity index (χ0v) is 9.88. The van der Waals surface area contributed by atoms with Gasteiger partial charge < -0.3 is 4.74 Å². The maximum Gasteiger partial charge on any atom is 0.387 e. The van der Waals surface area contributed by atoms with Gasteiger partial charge in [0.25, 0.3) is 0 Å². The van der Waals surface area contributed by atoms with Gasteiger partial charge in [0.05, 0.1) is 12.3 Å². The second kappa shape index (κ2) is 6.61. The molecule has 1 aromatic carbocycles. The Kier molecular flexibility index (Phi) is 5.44. The number of hydrogen-bond donors (Lipinski definition) is 1. The van der Waals surface area contributed by atoms with E-state index in [1.165, 1.54) is 25.0 Å².